The Morgan fingerprint density at radius 3 is 2.59 bits per heavy atom. The molecule has 158 valence electrons. The molecule has 1 saturated heterocycles. The first-order valence-electron chi connectivity index (χ1n) is 10.1. The second kappa shape index (κ2) is 11.4. The molecule has 1 aliphatic heterocycles. The van der Waals surface area contributed by atoms with Crippen molar-refractivity contribution < 1.29 is 14.0 Å². The predicted octanol–water partition coefficient (Wildman–Crippen LogP) is 1.98. The number of methoxy groups -OCH3 is 1. The largest absolute Gasteiger partial charge is 0.491 e. The van der Waals surface area contributed by atoms with Gasteiger partial charge in [-0.1, -0.05) is 17.3 Å². The normalized spacial score (nSPS) is 15.5. The third-order valence-electron chi connectivity index (χ3n) is 4.77. The van der Waals surface area contributed by atoms with Crippen molar-refractivity contribution in [2.24, 2.45) is 4.99 Å². The molecule has 8 nitrogen and oxygen atoms in total. The third kappa shape index (κ3) is 6.76. The van der Waals surface area contributed by atoms with Crippen LogP contribution in [0.1, 0.15) is 18.2 Å². The summed E-state index contributed by atoms with van der Waals surface area (Å²) in [5.74, 6) is 1.82. The van der Waals surface area contributed by atoms with Crippen LogP contribution in [-0.4, -0.2) is 74.0 Å². The standard InChI is InChI=1S/C21H31N5O3/c1-3-22-21(23-16-18-4-6-20(7-5-18)28-15-14-27-2)26-11-9-25(10-12-26)17-19-8-13-29-24-19/h4-8,13H,3,9-12,14-17H2,1-2H3,(H,22,23). The zero-order valence-corrected chi connectivity index (χ0v) is 17.3. The molecule has 1 fully saturated rings. The number of ether oxygens (including phenoxy) is 2. The molecule has 0 spiro atoms. The van der Waals surface area contributed by atoms with Crippen molar-refractivity contribution >= 4 is 5.96 Å². The fourth-order valence-electron chi connectivity index (χ4n) is 3.19. The molecule has 8 heteroatoms. The van der Waals surface area contributed by atoms with Crippen LogP contribution in [0.15, 0.2) is 46.1 Å². The molecule has 1 aliphatic rings. The van der Waals surface area contributed by atoms with Crippen molar-refractivity contribution in [3.8, 4) is 5.75 Å². The second-order valence-electron chi connectivity index (χ2n) is 6.91. The Morgan fingerprint density at radius 1 is 1.14 bits per heavy atom. The number of nitrogens with zero attached hydrogens (tertiary/aromatic N) is 4. The van der Waals surface area contributed by atoms with Crippen LogP contribution >= 0.6 is 0 Å². The van der Waals surface area contributed by atoms with Gasteiger partial charge in [0.15, 0.2) is 5.96 Å². The van der Waals surface area contributed by atoms with Crippen molar-refractivity contribution in [3.63, 3.8) is 0 Å². The van der Waals surface area contributed by atoms with Gasteiger partial charge in [-0.05, 0) is 24.6 Å². The van der Waals surface area contributed by atoms with E-state index in [0.29, 0.717) is 19.8 Å². The fourth-order valence-corrected chi connectivity index (χ4v) is 3.19. The minimum Gasteiger partial charge on any atom is -0.491 e. The zero-order valence-electron chi connectivity index (χ0n) is 17.3. The molecule has 0 atom stereocenters. The second-order valence-corrected chi connectivity index (χ2v) is 6.91. The molecule has 0 radical (unpaired) electrons. The molecule has 2 heterocycles. The summed E-state index contributed by atoms with van der Waals surface area (Å²) in [4.78, 5) is 9.55. The van der Waals surface area contributed by atoms with Crippen LogP contribution in [0.3, 0.4) is 0 Å². The SMILES string of the molecule is CCNC(=NCc1ccc(OCCOC)cc1)N1CCN(Cc2ccon2)CC1. The van der Waals surface area contributed by atoms with Gasteiger partial charge in [-0.15, -0.1) is 0 Å². The summed E-state index contributed by atoms with van der Waals surface area (Å²) in [6, 6.07) is 10.0. The summed E-state index contributed by atoms with van der Waals surface area (Å²) in [7, 11) is 1.67. The minimum absolute atomic E-state index is 0.557. The molecule has 3 rings (SSSR count). The van der Waals surface area contributed by atoms with Gasteiger partial charge in [-0.2, -0.15) is 0 Å². The van der Waals surface area contributed by atoms with E-state index in [0.717, 1.165) is 62.2 Å². The average Bonchev–Trinajstić information content (AvgIpc) is 3.26. The Kier molecular flexibility index (Phi) is 8.33. The smallest absolute Gasteiger partial charge is 0.194 e. The van der Waals surface area contributed by atoms with Gasteiger partial charge >= 0.3 is 0 Å². The van der Waals surface area contributed by atoms with E-state index in [1.165, 1.54) is 0 Å². The number of aliphatic imine (C=N–C) groups is 1. The number of aromatic nitrogens is 1. The monoisotopic (exact) mass is 401 g/mol. The van der Waals surface area contributed by atoms with E-state index in [1.54, 1.807) is 13.4 Å². The topological polar surface area (TPSA) is 75.4 Å². The van der Waals surface area contributed by atoms with Crippen molar-refractivity contribution in [2.45, 2.75) is 20.0 Å². The highest BCUT2D eigenvalue weighted by Crippen LogP contribution is 2.13. The maximum Gasteiger partial charge on any atom is 0.194 e. The summed E-state index contributed by atoms with van der Waals surface area (Å²) in [5, 5.41) is 7.42. The van der Waals surface area contributed by atoms with Gasteiger partial charge in [0.25, 0.3) is 0 Å². The first-order chi connectivity index (χ1) is 14.3. The van der Waals surface area contributed by atoms with Crippen LogP contribution in [0.4, 0.5) is 0 Å². The number of benzene rings is 1. The molecule has 2 aromatic rings. The highest BCUT2D eigenvalue weighted by Gasteiger charge is 2.20. The van der Waals surface area contributed by atoms with E-state index < -0.39 is 0 Å². The summed E-state index contributed by atoms with van der Waals surface area (Å²) < 4.78 is 15.5. The Morgan fingerprint density at radius 2 is 1.93 bits per heavy atom. The summed E-state index contributed by atoms with van der Waals surface area (Å²) in [5.41, 5.74) is 2.14. The lowest BCUT2D eigenvalue weighted by Gasteiger charge is -2.36. The highest BCUT2D eigenvalue weighted by atomic mass is 16.5. The maximum atomic E-state index is 5.61. The van der Waals surface area contributed by atoms with E-state index >= 15 is 0 Å². The van der Waals surface area contributed by atoms with Gasteiger partial charge < -0.3 is 24.2 Å². The minimum atomic E-state index is 0.557. The van der Waals surface area contributed by atoms with E-state index in [2.05, 4.69) is 39.3 Å². The van der Waals surface area contributed by atoms with Gasteiger partial charge in [-0.3, -0.25) is 4.90 Å². The third-order valence-corrected chi connectivity index (χ3v) is 4.77. The molecule has 0 saturated carbocycles. The van der Waals surface area contributed by atoms with E-state index in [1.807, 2.05) is 18.2 Å². The zero-order chi connectivity index (χ0) is 20.3. The fraction of sp³-hybridized carbons (Fsp3) is 0.524. The number of piperazine rings is 1. The van der Waals surface area contributed by atoms with Gasteiger partial charge in [0.1, 0.15) is 18.6 Å². The lowest BCUT2D eigenvalue weighted by Crippen LogP contribution is -2.52. The number of nitrogens with one attached hydrogen (secondary N) is 1. The number of hydrogen-bond acceptors (Lipinski definition) is 6. The summed E-state index contributed by atoms with van der Waals surface area (Å²) in [6.45, 7) is 9.40. The van der Waals surface area contributed by atoms with Gasteiger partial charge in [0.05, 0.1) is 18.8 Å². The van der Waals surface area contributed by atoms with Crippen LogP contribution in [0.2, 0.25) is 0 Å². The van der Waals surface area contributed by atoms with Crippen molar-refractivity contribution in [3.05, 3.63) is 47.9 Å². The maximum absolute atomic E-state index is 5.61. The summed E-state index contributed by atoms with van der Waals surface area (Å²) in [6.07, 6.45) is 1.62. The van der Waals surface area contributed by atoms with Crippen molar-refractivity contribution in [2.75, 3.05) is 53.0 Å². The number of rotatable bonds is 9. The lowest BCUT2D eigenvalue weighted by molar-refractivity contribution is 0.146. The molecule has 29 heavy (non-hydrogen) atoms. The van der Waals surface area contributed by atoms with Gasteiger partial charge in [-0.25, -0.2) is 4.99 Å². The number of guanidine groups is 1. The van der Waals surface area contributed by atoms with Gasteiger partial charge in [0.2, 0.25) is 0 Å². The molecular weight excluding hydrogens is 370 g/mol. The molecule has 0 amide bonds. The molecular formula is C21H31N5O3. The van der Waals surface area contributed by atoms with E-state index in [9.17, 15) is 0 Å². The molecule has 1 aromatic heterocycles. The molecule has 0 bridgehead atoms. The van der Waals surface area contributed by atoms with Gasteiger partial charge in [0, 0.05) is 52.4 Å². The molecule has 0 aliphatic carbocycles. The Labute approximate surface area is 172 Å². The van der Waals surface area contributed by atoms with Crippen LogP contribution in [0.25, 0.3) is 0 Å². The van der Waals surface area contributed by atoms with E-state index in [4.69, 9.17) is 19.0 Å². The highest BCUT2D eigenvalue weighted by molar-refractivity contribution is 5.80. The van der Waals surface area contributed by atoms with Crippen molar-refractivity contribution in [1.82, 2.24) is 20.3 Å². The average molecular weight is 402 g/mol. The van der Waals surface area contributed by atoms with E-state index in [-0.39, 0.29) is 0 Å². The summed E-state index contributed by atoms with van der Waals surface area (Å²) >= 11 is 0. The van der Waals surface area contributed by atoms with Crippen LogP contribution in [0, 0.1) is 0 Å². The predicted molar refractivity (Wildman–Crippen MR) is 112 cm³/mol. The van der Waals surface area contributed by atoms with Crippen LogP contribution < -0.4 is 10.1 Å². The lowest BCUT2D eigenvalue weighted by atomic mass is 10.2. The van der Waals surface area contributed by atoms with Crippen molar-refractivity contribution in [1.29, 1.82) is 0 Å². The Hall–Kier alpha value is -2.58. The van der Waals surface area contributed by atoms with Crippen LogP contribution in [0.5, 0.6) is 5.75 Å². The Balaban J connectivity index is 1.50. The molecule has 1 N–H and O–H groups in total. The first-order valence-corrected chi connectivity index (χ1v) is 10.1. The number of hydrogen-bond donors (Lipinski definition) is 1. The first kappa shape index (κ1) is 21.1. The molecule has 1 aromatic carbocycles. The van der Waals surface area contributed by atoms with Crippen LogP contribution in [-0.2, 0) is 17.8 Å². The Bertz CT molecular complexity index is 725. The molecule has 0 unspecified atom stereocenters. The quantitative estimate of drug-likeness (QED) is 0.391.